The van der Waals surface area contributed by atoms with E-state index in [9.17, 15) is 14.9 Å². The maximum Gasteiger partial charge on any atom is 0.309 e. The molecule has 0 bridgehead atoms. The first-order valence-electron chi connectivity index (χ1n) is 9.67. The molecule has 142 valence electrons. The van der Waals surface area contributed by atoms with E-state index in [1.165, 1.54) is 0 Å². The van der Waals surface area contributed by atoms with Crippen molar-refractivity contribution in [3.8, 4) is 6.07 Å². The Morgan fingerprint density at radius 3 is 2.24 bits per heavy atom. The highest BCUT2D eigenvalue weighted by atomic mass is 16.5. The molecule has 0 heterocycles. The Hall–Kier alpha value is -1.57. The van der Waals surface area contributed by atoms with E-state index in [0.717, 1.165) is 38.5 Å². The van der Waals surface area contributed by atoms with Crippen molar-refractivity contribution in [1.82, 2.24) is 0 Å². The summed E-state index contributed by atoms with van der Waals surface area (Å²) in [6, 6.07) is 2.53. The lowest BCUT2D eigenvalue weighted by Crippen LogP contribution is -2.42. The third-order valence-corrected chi connectivity index (χ3v) is 5.58. The Balaban J connectivity index is 3.17. The minimum Gasteiger partial charge on any atom is -0.466 e. The summed E-state index contributed by atoms with van der Waals surface area (Å²) in [6.45, 7) is 8.08. The van der Waals surface area contributed by atoms with Gasteiger partial charge in [0.05, 0.1) is 37.0 Å². The van der Waals surface area contributed by atoms with Gasteiger partial charge in [-0.1, -0.05) is 26.2 Å². The molecule has 5 heteroatoms. The first-order valence-corrected chi connectivity index (χ1v) is 9.67. The average molecular weight is 351 g/mol. The van der Waals surface area contributed by atoms with Crippen molar-refractivity contribution < 1.29 is 19.1 Å². The van der Waals surface area contributed by atoms with E-state index in [1.807, 2.05) is 13.8 Å². The standard InChI is InChI=1S/C20H33NO4/c1-5-10-17(20(4,14-21)15-11-8-9-12-15)16(19(23)25-7-3)13-18(22)24-6-2/h15-17H,5-13H2,1-4H3. The predicted octanol–water partition coefficient (Wildman–Crippen LogP) is 4.26. The number of hydrogen-bond donors (Lipinski definition) is 0. The number of esters is 2. The second-order valence-corrected chi connectivity index (χ2v) is 7.14. The number of carbonyl (C=O) groups is 2. The smallest absolute Gasteiger partial charge is 0.309 e. The Labute approximate surface area is 152 Å². The zero-order valence-electron chi connectivity index (χ0n) is 16.2. The number of carbonyl (C=O) groups excluding carboxylic acids is 2. The third kappa shape index (κ3) is 5.45. The van der Waals surface area contributed by atoms with Gasteiger partial charge in [-0.05, 0) is 51.9 Å². The highest BCUT2D eigenvalue weighted by Crippen LogP contribution is 2.49. The normalized spacial score (nSPS) is 19.5. The van der Waals surface area contributed by atoms with Crippen LogP contribution in [-0.4, -0.2) is 25.2 Å². The minimum atomic E-state index is -0.629. The van der Waals surface area contributed by atoms with Gasteiger partial charge in [0.2, 0.25) is 0 Å². The molecule has 0 saturated heterocycles. The summed E-state index contributed by atoms with van der Waals surface area (Å²) in [5.41, 5.74) is -0.629. The van der Waals surface area contributed by atoms with Crippen molar-refractivity contribution in [2.24, 2.45) is 23.2 Å². The van der Waals surface area contributed by atoms with Gasteiger partial charge in [0.1, 0.15) is 0 Å². The molecule has 0 aromatic carbocycles. The van der Waals surface area contributed by atoms with Crippen molar-refractivity contribution in [1.29, 1.82) is 5.26 Å². The summed E-state index contributed by atoms with van der Waals surface area (Å²) in [5, 5.41) is 10.0. The van der Waals surface area contributed by atoms with Crippen molar-refractivity contribution in [3.63, 3.8) is 0 Å². The van der Waals surface area contributed by atoms with Crippen LogP contribution in [0.4, 0.5) is 0 Å². The van der Waals surface area contributed by atoms with Gasteiger partial charge >= 0.3 is 11.9 Å². The molecule has 1 saturated carbocycles. The topological polar surface area (TPSA) is 76.4 Å². The van der Waals surface area contributed by atoms with E-state index in [0.29, 0.717) is 0 Å². The zero-order chi connectivity index (χ0) is 18.9. The van der Waals surface area contributed by atoms with Gasteiger partial charge in [-0.2, -0.15) is 5.26 Å². The van der Waals surface area contributed by atoms with Crippen LogP contribution < -0.4 is 0 Å². The van der Waals surface area contributed by atoms with E-state index in [2.05, 4.69) is 6.07 Å². The number of ether oxygens (including phenoxy) is 2. The first kappa shape index (κ1) is 21.5. The fraction of sp³-hybridized carbons (Fsp3) is 0.850. The Bertz CT molecular complexity index is 479. The van der Waals surface area contributed by atoms with Crippen molar-refractivity contribution in [2.75, 3.05) is 13.2 Å². The molecular weight excluding hydrogens is 318 g/mol. The lowest BCUT2D eigenvalue weighted by molar-refractivity contribution is -0.159. The van der Waals surface area contributed by atoms with Crippen LogP contribution in [-0.2, 0) is 19.1 Å². The van der Waals surface area contributed by atoms with Crippen molar-refractivity contribution >= 4 is 11.9 Å². The van der Waals surface area contributed by atoms with Gasteiger partial charge in [0.25, 0.3) is 0 Å². The molecule has 0 aromatic rings. The lowest BCUT2D eigenvalue weighted by atomic mass is 9.61. The maximum atomic E-state index is 12.6. The Morgan fingerprint density at radius 2 is 1.76 bits per heavy atom. The Kier molecular flexibility index (Phi) is 8.96. The van der Waals surface area contributed by atoms with E-state index < -0.39 is 17.3 Å². The van der Waals surface area contributed by atoms with Gasteiger partial charge in [0.15, 0.2) is 0 Å². The highest BCUT2D eigenvalue weighted by Gasteiger charge is 2.48. The number of nitriles is 1. The summed E-state index contributed by atoms with van der Waals surface area (Å²) in [5.74, 6) is -1.33. The molecule has 0 aliphatic heterocycles. The molecular formula is C20H33NO4. The van der Waals surface area contributed by atoms with Crippen LogP contribution in [0.3, 0.4) is 0 Å². The molecule has 0 aromatic heterocycles. The van der Waals surface area contributed by atoms with Crippen molar-refractivity contribution in [3.05, 3.63) is 0 Å². The predicted molar refractivity (Wildman–Crippen MR) is 95.4 cm³/mol. The van der Waals surface area contributed by atoms with Gasteiger partial charge in [-0.3, -0.25) is 9.59 Å². The summed E-state index contributed by atoms with van der Waals surface area (Å²) in [4.78, 5) is 24.7. The molecule has 0 amide bonds. The molecule has 25 heavy (non-hydrogen) atoms. The van der Waals surface area contributed by atoms with Gasteiger partial charge in [-0.15, -0.1) is 0 Å². The quantitative estimate of drug-likeness (QED) is 0.550. The van der Waals surface area contributed by atoms with Crippen molar-refractivity contribution in [2.45, 2.75) is 72.6 Å². The largest absolute Gasteiger partial charge is 0.466 e. The zero-order valence-corrected chi connectivity index (χ0v) is 16.2. The summed E-state index contributed by atoms with van der Waals surface area (Å²) >= 11 is 0. The third-order valence-electron chi connectivity index (χ3n) is 5.58. The molecule has 0 spiro atoms. The van der Waals surface area contributed by atoms with Crippen LogP contribution in [0.2, 0.25) is 0 Å². The average Bonchev–Trinajstić information content (AvgIpc) is 3.13. The van der Waals surface area contributed by atoms with Gasteiger partial charge in [-0.25, -0.2) is 0 Å². The molecule has 0 radical (unpaired) electrons. The molecule has 5 nitrogen and oxygen atoms in total. The number of rotatable bonds is 10. The van der Waals surface area contributed by atoms with Crippen LogP contribution in [0.25, 0.3) is 0 Å². The summed E-state index contributed by atoms with van der Waals surface area (Å²) < 4.78 is 10.3. The molecule has 1 fully saturated rings. The molecule has 3 atom stereocenters. The second kappa shape index (κ2) is 10.4. The molecule has 1 aliphatic rings. The van der Waals surface area contributed by atoms with Gasteiger partial charge < -0.3 is 9.47 Å². The fourth-order valence-electron chi connectivity index (χ4n) is 4.27. The number of hydrogen-bond acceptors (Lipinski definition) is 5. The van der Waals surface area contributed by atoms with E-state index in [4.69, 9.17) is 9.47 Å². The SMILES string of the molecule is CCCC(C(CC(=O)OCC)C(=O)OCC)C(C)(C#N)C1CCCC1. The molecule has 3 unspecified atom stereocenters. The molecule has 1 aliphatic carbocycles. The van der Waals surface area contributed by atoms with Crippen LogP contribution in [0.5, 0.6) is 0 Å². The maximum absolute atomic E-state index is 12.6. The van der Waals surface area contributed by atoms with Crippen LogP contribution >= 0.6 is 0 Å². The highest BCUT2D eigenvalue weighted by molar-refractivity contribution is 5.80. The lowest BCUT2D eigenvalue weighted by Gasteiger charge is -2.40. The summed E-state index contributed by atoms with van der Waals surface area (Å²) in [6.07, 6.45) is 5.85. The first-order chi connectivity index (χ1) is 11.9. The van der Waals surface area contributed by atoms with Crippen LogP contribution in [0, 0.1) is 34.5 Å². The fourth-order valence-corrected chi connectivity index (χ4v) is 4.27. The number of nitrogens with zero attached hydrogens (tertiary/aromatic N) is 1. The Morgan fingerprint density at radius 1 is 1.16 bits per heavy atom. The van der Waals surface area contributed by atoms with Crippen LogP contribution in [0.1, 0.15) is 72.6 Å². The minimum absolute atomic E-state index is 0.0126. The van der Waals surface area contributed by atoms with Gasteiger partial charge in [0, 0.05) is 0 Å². The molecule has 0 N–H and O–H groups in total. The van der Waals surface area contributed by atoms with E-state index >= 15 is 0 Å². The second-order valence-electron chi connectivity index (χ2n) is 7.14. The van der Waals surface area contributed by atoms with Crippen LogP contribution in [0.15, 0.2) is 0 Å². The summed E-state index contributed by atoms with van der Waals surface area (Å²) in [7, 11) is 0. The van der Waals surface area contributed by atoms with E-state index in [1.54, 1.807) is 13.8 Å². The molecule has 1 rings (SSSR count). The monoisotopic (exact) mass is 351 g/mol. The van der Waals surface area contributed by atoms with E-state index in [-0.39, 0.29) is 37.4 Å².